The number of fused-ring (bicyclic) bond motifs is 1. The lowest BCUT2D eigenvalue weighted by molar-refractivity contribution is -0.120. The van der Waals surface area contributed by atoms with Crippen molar-refractivity contribution in [3.8, 4) is 0 Å². The lowest BCUT2D eigenvalue weighted by atomic mass is 10.1. The number of hydrogen-bond acceptors (Lipinski definition) is 1. The molecule has 0 fully saturated rings. The molecule has 0 saturated carbocycles. The molecule has 0 atom stereocenters. The zero-order valence-electron chi connectivity index (χ0n) is 13.8. The molecule has 1 heterocycles. The number of carbonyl (C=O) groups excluding carboxylic acids is 1. The summed E-state index contributed by atoms with van der Waals surface area (Å²) in [5.41, 5.74) is 3.36. The number of rotatable bonds is 6. The number of carbonyl (C=O) groups is 1. The van der Waals surface area contributed by atoms with Crippen LogP contribution in [0.2, 0.25) is 5.02 Å². The SMILES string of the molecule is Cc1cc2ccccc2n1CCCNC(=O)Cc1ccccc1Cl. The van der Waals surface area contributed by atoms with Gasteiger partial charge in [0, 0.05) is 29.3 Å². The first-order chi connectivity index (χ1) is 11.6. The number of nitrogens with zero attached hydrogens (tertiary/aromatic N) is 1. The molecule has 1 amide bonds. The molecule has 0 radical (unpaired) electrons. The van der Waals surface area contributed by atoms with Gasteiger partial charge in [0.25, 0.3) is 0 Å². The topological polar surface area (TPSA) is 34.0 Å². The van der Waals surface area contributed by atoms with Gasteiger partial charge in [-0.05, 0) is 42.5 Å². The first-order valence-corrected chi connectivity index (χ1v) is 8.58. The van der Waals surface area contributed by atoms with Crippen LogP contribution in [0.25, 0.3) is 10.9 Å². The van der Waals surface area contributed by atoms with E-state index in [1.165, 1.54) is 16.6 Å². The Balaban J connectivity index is 1.51. The highest BCUT2D eigenvalue weighted by Crippen LogP contribution is 2.19. The van der Waals surface area contributed by atoms with Gasteiger partial charge >= 0.3 is 0 Å². The summed E-state index contributed by atoms with van der Waals surface area (Å²) in [6.07, 6.45) is 1.22. The molecule has 3 nitrogen and oxygen atoms in total. The van der Waals surface area contributed by atoms with Gasteiger partial charge in [-0.3, -0.25) is 4.79 Å². The van der Waals surface area contributed by atoms with Gasteiger partial charge in [0.2, 0.25) is 5.91 Å². The van der Waals surface area contributed by atoms with E-state index in [-0.39, 0.29) is 5.91 Å². The molecule has 0 aliphatic heterocycles. The molecule has 1 N–H and O–H groups in total. The van der Waals surface area contributed by atoms with Gasteiger partial charge < -0.3 is 9.88 Å². The first kappa shape index (κ1) is 16.6. The fourth-order valence-corrected chi connectivity index (χ4v) is 3.19. The molecule has 2 aromatic carbocycles. The Hall–Kier alpha value is -2.26. The molecule has 3 aromatic rings. The van der Waals surface area contributed by atoms with E-state index in [9.17, 15) is 4.79 Å². The Morgan fingerprint density at radius 3 is 2.71 bits per heavy atom. The van der Waals surface area contributed by atoms with E-state index in [1.54, 1.807) is 0 Å². The maximum Gasteiger partial charge on any atom is 0.224 e. The third-order valence-electron chi connectivity index (χ3n) is 4.21. The van der Waals surface area contributed by atoms with Crippen molar-refractivity contribution in [1.29, 1.82) is 0 Å². The number of benzene rings is 2. The molecule has 0 spiro atoms. The minimum atomic E-state index is 0.0113. The summed E-state index contributed by atoms with van der Waals surface area (Å²) in [7, 11) is 0. The van der Waals surface area contributed by atoms with E-state index >= 15 is 0 Å². The number of amides is 1. The van der Waals surface area contributed by atoms with Gasteiger partial charge in [0.05, 0.1) is 6.42 Å². The van der Waals surface area contributed by atoms with Crippen LogP contribution in [0.3, 0.4) is 0 Å². The molecule has 4 heteroatoms. The predicted octanol–water partition coefficient (Wildman–Crippen LogP) is 4.35. The minimum Gasteiger partial charge on any atom is -0.356 e. The van der Waals surface area contributed by atoms with Crippen LogP contribution in [-0.4, -0.2) is 17.0 Å². The Labute approximate surface area is 147 Å². The molecule has 0 saturated heterocycles. The molecule has 3 rings (SSSR count). The third kappa shape index (κ3) is 3.80. The number of aryl methyl sites for hydroxylation is 2. The van der Waals surface area contributed by atoms with E-state index in [4.69, 9.17) is 11.6 Å². The second kappa shape index (κ2) is 7.54. The zero-order valence-corrected chi connectivity index (χ0v) is 14.5. The fraction of sp³-hybridized carbons (Fsp3) is 0.250. The van der Waals surface area contributed by atoms with Crippen LogP contribution < -0.4 is 5.32 Å². The van der Waals surface area contributed by atoms with Crippen molar-refractivity contribution < 1.29 is 4.79 Å². The Morgan fingerprint density at radius 1 is 1.12 bits per heavy atom. The maximum absolute atomic E-state index is 12.0. The average molecular weight is 341 g/mol. The average Bonchev–Trinajstić information content (AvgIpc) is 2.89. The molecule has 1 aromatic heterocycles. The maximum atomic E-state index is 12.0. The van der Waals surface area contributed by atoms with Crippen molar-refractivity contribution in [2.75, 3.05) is 6.54 Å². The number of halogens is 1. The third-order valence-corrected chi connectivity index (χ3v) is 4.58. The molecule has 24 heavy (non-hydrogen) atoms. The van der Waals surface area contributed by atoms with E-state index in [1.807, 2.05) is 24.3 Å². The number of nitrogens with one attached hydrogen (secondary N) is 1. The Morgan fingerprint density at radius 2 is 1.88 bits per heavy atom. The summed E-state index contributed by atoms with van der Waals surface area (Å²) in [6.45, 7) is 3.68. The monoisotopic (exact) mass is 340 g/mol. The summed E-state index contributed by atoms with van der Waals surface area (Å²) in [4.78, 5) is 12.0. The van der Waals surface area contributed by atoms with Crippen molar-refractivity contribution in [3.63, 3.8) is 0 Å². The summed E-state index contributed by atoms with van der Waals surface area (Å²) in [5.74, 6) is 0.0113. The van der Waals surface area contributed by atoms with Crippen LogP contribution in [0.5, 0.6) is 0 Å². The smallest absolute Gasteiger partial charge is 0.224 e. The molecule has 0 aliphatic rings. The van der Waals surface area contributed by atoms with Gasteiger partial charge in [0.1, 0.15) is 0 Å². The van der Waals surface area contributed by atoms with Crippen molar-refractivity contribution in [2.24, 2.45) is 0 Å². The summed E-state index contributed by atoms with van der Waals surface area (Å²) >= 11 is 6.09. The second-order valence-electron chi connectivity index (χ2n) is 5.97. The van der Waals surface area contributed by atoms with Crippen LogP contribution >= 0.6 is 11.6 Å². The largest absolute Gasteiger partial charge is 0.356 e. The Bertz CT molecular complexity index is 854. The van der Waals surface area contributed by atoms with Crippen molar-refractivity contribution >= 4 is 28.4 Å². The summed E-state index contributed by atoms with van der Waals surface area (Å²) in [5, 5.41) is 4.88. The van der Waals surface area contributed by atoms with Gasteiger partial charge in [-0.1, -0.05) is 48.0 Å². The van der Waals surface area contributed by atoms with Crippen LogP contribution in [0.15, 0.2) is 54.6 Å². The summed E-state index contributed by atoms with van der Waals surface area (Å²) < 4.78 is 2.30. The molecule has 124 valence electrons. The van der Waals surface area contributed by atoms with E-state index in [0.717, 1.165) is 18.5 Å². The number of para-hydroxylation sites is 1. The fourth-order valence-electron chi connectivity index (χ4n) is 2.99. The van der Waals surface area contributed by atoms with Crippen LogP contribution in [0.1, 0.15) is 17.7 Å². The quantitative estimate of drug-likeness (QED) is 0.665. The summed E-state index contributed by atoms with van der Waals surface area (Å²) in [6, 6.07) is 18.0. The number of hydrogen-bond donors (Lipinski definition) is 1. The van der Waals surface area contributed by atoms with Gasteiger partial charge in [-0.15, -0.1) is 0 Å². The molecular formula is C20H21ClN2O. The van der Waals surface area contributed by atoms with E-state index in [2.05, 4.69) is 47.1 Å². The highest BCUT2D eigenvalue weighted by atomic mass is 35.5. The van der Waals surface area contributed by atoms with E-state index < -0.39 is 0 Å². The highest BCUT2D eigenvalue weighted by molar-refractivity contribution is 6.31. The van der Waals surface area contributed by atoms with Crippen molar-refractivity contribution in [3.05, 3.63) is 70.9 Å². The molecule has 0 unspecified atom stereocenters. The van der Waals surface area contributed by atoms with Crippen molar-refractivity contribution in [2.45, 2.75) is 26.3 Å². The van der Waals surface area contributed by atoms with Gasteiger partial charge in [-0.25, -0.2) is 0 Å². The van der Waals surface area contributed by atoms with Crippen LogP contribution in [0.4, 0.5) is 0 Å². The van der Waals surface area contributed by atoms with Crippen LogP contribution in [0, 0.1) is 6.92 Å². The molecule has 0 bridgehead atoms. The Kier molecular flexibility index (Phi) is 5.21. The number of aromatic nitrogens is 1. The second-order valence-corrected chi connectivity index (χ2v) is 6.38. The molecule has 0 aliphatic carbocycles. The zero-order chi connectivity index (χ0) is 16.9. The van der Waals surface area contributed by atoms with Gasteiger partial charge in [0.15, 0.2) is 0 Å². The lowest BCUT2D eigenvalue weighted by Gasteiger charge is -2.10. The van der Waals surface area contributed by atoms with Crippen LogP contribution in [-0.2, 0) is 17.8 Å². The normalized spacial score (nSPS) is 10.9. The molecular weight excluding hydrogens is 320 g/mol. The highest BCUT2D eigenvalue weighted by Gasteiger charge is 2.07. The van der Waals surface area contributed by atoms with E-state index in [0.29, 0.717) is 18.0 Å². The van der Waals surface area contributed by atoms with Crippen molar-refractivity contribution in [1.82, 2.24) is 9.88 Å². The minimum absolute atomic E-state index is 0.0113. The van der Waals surface area contributed by atoms with Gasteiger partial charge in [-0.2, -0.15) is 0 Å². The first-order valence-electron chi connectivity index (χ1n) is 8.20. The standard InChI is InChI=1S/C20H21ClN2O/c1-15-13-17-8-3-5-10-19(17)23(15)12-6-11-22-20(24)14-16-7-2-4-9-18(16)21/h2-5,7-10,13H,6,11-12,14H2,1H3,(H,22,24). The lowest BCUT2D eigenvalue weighted by Crippen LogP contribution is -2.27. The predicted molar refractivity (Wildman–Crippen MR) is 99.5 cm³/mol.